The summed E-state index contributed by atoms with van der Waals surface area (Å²) in [6.07, 6.45) is 1.61. The molecule has 100 valence electrons. The zero-order valence-corrected chi connectivity index (χ0v) is 11.2. The van der Waals surface area contributed by atoms with Gasteiger partial charge in [-0.3, -0.25) is 4.79 Å². The summed E-state index contributed by atoms with van der Waals surface area (Å²) in [5.74, 6) is 0.768. The Morgan fingerprint density at radius 3 is 2.74 bits per heavy atom. The molecular weight excluding hydrogens is 240 g/mol. The Balaban J connectivity index is 2.18. The quantitative estimate of drug-likeness (QED) is 0.858. The molecule has 0 aliphatic heterocycles. The first kappa shape index (κ1) is 13.2. The smallest absolute Gasteiger partial charge is 0.254 e. The number of aryl methyl sites for hydroxylation is 1. The van der Waals surface area contributed by atoms with Crippen LogP contribution in [0.25, 0.3) is 0 Å². The highest BCUT2D eigenvalue weighted by molar-refractivity contribution is 5.94. The van der Waals surface area contributed by atoms with Gasteiger partial charge in [0.25, 0.3) is 5.91 Å². The van der Waals surface area contributed by atoms with Gasteiger partial charge in [0.15, 0.2) is 0 Å². The SMILES string of the molecule is CCN(Cc1ccco1)C(=O)c1ccc(N)c(C)c1. The lowest BCUT2D eigenvalue weighted by Crippen LogP contribution is -2.30. The first-order valence-corrected chi connectivity index (χ1v) is 6.29. The molecule has 0 fully saturated rings. The van der Waals surface area contributed by atoms with Crippen LogP contribution in [0.5, 0.6) is 0 Å². The molecule has 2 aromatic rings. The Bertz CT molecular complexity index is 562. The Kier molecular flexibility index (Phi) is 3.90. The van der Waals surface area contributed by atoms with Crippen molar-refractivity contribution < 1.29 is 9.21 Å². The Morgan fingerprint density at radius 2 is 2.16 bits per heavy atom. The van der Waals surface area contributed by atoms with Crippen molar-refractivity contribution in [2.24, 2.45) is 0 Å². The molecule has 0 aliphatic carbocycles. The molecule has 1 aromatic heterocycles. The molecular formula is C15H18N2O2. The minimum Gasteiger partial charge on any atom is -0.467 e. The van der Waals surface area contributed by atoms with Gasteiger partial charge in [-0.15, -0.1) is 0 Å². The number of nitrogens with zero attached hydrogens (tertiary/aromatic N) is 1. The van der Waals surface area contributed by atoms with Gasteiger partial charge in [0.2, 0.25) is 0 Å². The fraction of sp³-hybridized carbons (Fsp3) is 0.267. The minimum absolute atomic E-state index is 0.0120. The summed E-state index contributed by atoms with van der Waals surface area (Å²) in [5, 5.41) is 0. The number of furan rings is 1. The van der Waals surface area contributed by atoms with Crippen LogP contribution in [0.3, 0.4) is 0 Å². The molecule has 4 nitrogen and oxygen atoms in total. The molecule has 0 saturated carbocycles. The van der Waals surface area contributed by atoms with Gasteiger partial charge in [0, 0.05) is 17.8 Å². The molecule has 0 aliphatic rings. The average Bonchev–Trinajstić information content (AvgIpc) is 2.91. The van der Waals surface area contributed by atoms with Crippen molar-refractivity contribution in [1.29, 1.82) is 0 Å². The van der Waals surface area contributed by atoms with Gasteiger partial charge in [-0.25, -0.2) is 0 Å². The summed E-state index contributed by atoms with van der Waals surface area (Å²) < 4.78 is 5.28. The third-order valence-corrected chi connectivity index (χ3v) is 3.11. The van der Waals surface area contributed by atoms with E-state index in [9.17, 15) is 4.79 Å². The van der Waals surface area contributed by atoms with Gasteiger partial charge in [-0.05, 0) is 49.7 Å². The Hall–Kier alpha value is -2.23. The van der Waals surface area contributed by atoms with E-state index < -0.39 is 0 Å². The normalized spacial score (nSPS) is 10.4. The van der Waals surface area contributed by atoms with E-state index in [1.54, 1.807) is 23.3 Å². The number of benzene rings is 1. The Morgan fingerprint density at radius 1 is 1.37 bits per heavy atom. The van der Waals surface area contributed by atoms with E-state index in [0.29, 0.717) is 24.3 Å². The predicted octanol–water partition coefficient (Wildman–Crippen LogP) is 2.83. The monoisotopic (exact) mass is 258 g/mol. The number of hydrogen-bond acceptors (Lipinski definition) is 3. The van der Waals surface area contributed by atoms with Crippen molar-refractivity contribution >= 4 is 11.6 Å². The van der Waals surface area contributed by atoms with Gasteiger partial charge >= 0.3 is 0 Å². The highest BCUT2D eigenvalue weighted by Crippen LogP contribution is 2.16. The highest BCUT2D eigenvalue weighted by atomic mass is 16.3. The van der Waals surface area contributed by atoms with Crippen molar-refractivity contribution in [3.8, 4) is 0 Å². The van der Waals surface area contributed by atoms with Gasteiger partial charge in [0.05, 0.1) is 12.8 Å². The molecule has 0 saturated heterocycles. The number of amides is 1. The first-order chi connectivity index (χ1) is 9.11. The van der Waals surface area contributed by atoms with Crippen LogP contribution in [-0.4, -0.2) is 17.4 Å². The van der Waals surface area contributed by atoms with Gasteiger partial charge in [-0.1, -0.05) is 0 Å². The van der Waals surface area contributed by atoms with Gasteiger partial charge in [0.1, 0.15) is 5.76 Å². The summed E-state index contributed by atoms with van der Waals surface area (Å²) in [7, 11) is 0. The van der Waals surface area contributed by atoms with Gasteiger partial charge in [-0.2, -0.15) is 0 Å². The topological polar surface area (TPSA) is 59.5 Å². The Labute approximate surface area is 112 Å². The molecule has 0 spiro atoms. The van der Waals surface area contributed by atoms with E-state index in [2.05, 4.69) is 0 Å². The lowest BCUT2D eigenvalue weighted by molar-refractivity contribution is 0.0741. The maximum absolute atomic E-state index is 12.4. The molecule has 1 amide bonds. The molecule has 1 aromatic carbocycles. The maximum atomic E-state index is 12.4. The summed E-state index contributed by atoms with van der Waals surface area (Å²) >= 11 is 0. The van der Waals surface area contributed by atoms with Crippen LogP contribution in [0.4, 0.5) is 5.69 Å². The van der Waals surface area contributed by atoms with Crippen LogP contribution >= 0.6 is 0 Å². The average molecular weight is 258 g/mol. The molecule has 0 atom stereocenters. The third kappa shape index (κ3) is 2.96. The van der Waals surface area contributed by atoms with E-state index in [4.69, 9.17) is 10.2 Å². The van der Waals surface area contributed by atoms with Crippen LogP contribution in [0.1, 0.15) is 28.6 Å². The zero-order valence-electron chi connectivity index (χ0n) is 11.2. The largest absolute Gasteiger partial charge is 0.467 e. The van der Waals surface area contributed by atoms with E-state index >= 15 is 0 Å². The standard InChI is InChI=1S/C15H18N2O2/c1-3-17(10-13-5-4-8-19-13)15(18)12-6-7-14(16)11(2)9-12/h4-9H,3,10,16H2,1-2H3. The van der Waals surface area contributed by atoms with Crippen molar-refractivity contribution in [1.82, 2.24) is 4.90 Å². The third-order valence-electron chi connectivity index (χ3n) is 3.11. The fourth-order valence-electron chi connectivity index (χ4n) is 1.91. The van der Waals surface area contributed by atoms with Crippen molar-refractivity contribution in [3.63, 3.8) is 0 Å². The van der Waals surface area contributed by atoms with Crippen LogP contribution in [0.2, 0.25) is 0 Å². The van der Waals surface area contributed by atoms with Crippen molar-refractivity contribution in [2.45, 2.75) is 20.4 Å². The molecule has 19 heavy (non-hydrogen) atoms. The van der Waals surface area contributed by atoms with E-state index in [1.165, 1.54) is 0 Å². The van der Waals surface area contributed by atoms with Crippen LogP contribution in [-0.2, 0) is 6.54 Å². The number of anilines is 1. The second kappa shape index (κ2) is 5.61. The van der Waals surface area contributed by atoms with Crippen LogP contribution in [0.15, 0.2) is 41.0 Å². The zero-order chi connectivity index (χ0) is 13.8. The van der Waals surface area contributed by atoms with Gasteiger partial charge < -0.3 is 15.1 Å². The molecule has 4 heteroatoms. The van der Waals surface area contributed by atoms with E-state index in [0.717, 1.165) is 11.3 Å². The predicted molar refractivity (Wildman–Crippen MR) is 74.7 cm³/mol. The molecule has 2 N–H and O–H groups in total. The maximum Gasteiger partial charge on any atom is 0.254 e. The van der Waals surface area contributed by atoms with Crippen molar-refractivity contribution in [3.05, 3.63) is 53.5 Å². The lowest BCUT2D eigenvalue weighted by Gasteiger charge is -2.20. The van der Waals surface area contributed by atoms with Crippen LogP contribution < -0.4 is 5.73 Å². The summed E-state index contributed by atoms with van der Waals surface area (Å²) in [5.41, 5.74) is 8.04. The van der Waals surface area contributed by atoms with Crippen LogP contribution in [0, 0.1) is 6.92 Å². The number of carbonyl (C=O) groups is 1. The summed E-state index contributed by atoms with van der Waals surface area (Å²) in [6, 6.07) is 9.03. The molecule has 2 rings (SSSR count). The number of nitrogen functional groups attached to an aromatic ring is 1. The summed E-state index contributed by atoms with van der Waals surface area (Å²) in [4.78, 5) is 14.1. The number of carbonyl (C=O) groups excluding carboxylic acids is 1. The van der Waals surface area contributed by atoms with E-state index in [1.807, 2.05) is 32.0 Å². The molecule has 0 radical (unpaired) electrons. The van der Waals surface area contributed by atoms with Crippen molar-refractivity contribution in [2.75, 3.05) is 12.3 Å². The highest BCUT2D eigenvalue weighted by Gasteiger charge is 2.16. The second-order valence-corrected chi connectivity index (χ2v) is 4.47. The van der Waals surface area contributed by atoms with E-state index in [-0.39, 0.29) is 5.91 Å². The lowest BCUT2D eigenvalue weighted by atomic mass is 10.1. The molecule has 0 bridgehead atoms. The first-order valence-electron chi connectivity index (χ1n) is 6.29. The molecule has 1 heterocycles. The minimum atomic E-state index is -0.0120. The number of hydrogen-bond donors (Lipinski definition) is 1. The molecule has 0 unspecified atom stereocenters. The summed E-state index contributed by atoms with van der Waals surface area (Å²) in [6.45, 7) is 4.95. The second-order valence-electron chi connectivity index (χ2n) is 4.47. The fourth-order valence-corrected chi connectivity index (χ4v) is 1.91. The number of rotatable bonds is 4. The number of nitrogens with two attached hydrogens (primary N) is 1.